The average molecular weight is 396 g/mol. The van der Waals surface area contributed by atoms with E-state index in [0.29, 0.717) is 27.1 Å². The van der Waals surface area contributed by atoms with Crippen LogP contribution >= 0.6 is 22.9 Å². The molecule has 1 N–H and O–H groups in total. The first kappa shape index (κ1) is 17.5. The SMILES string of the molecule is O=C(N=c1sccn1Cc1ccccc1Cl)c1cc2ccccc2c(=O)[nH]1. The minimum atomic E-state index is -0.492. The quantitative estimate of drug-likeness (QED) is 0.572. The molecule has 0 radical (unpaired) electrons. The average Bonchev–Trinajstić information content (AvgIpc) is 3.10. The van der Waals surface area contributed by atoms with Crippen LogP contribution in [-0.4, -0.2) is 15.5 Å². The van der Waals surface area contributed by atoms with Gasteiger partial charge in [0.25, 0.3) is 11.5 Å². The summed E-state index contributed by atoms with van der Waals surface area (Å²) in [5.41, 5.74) is 0.795. The molecule has 27 heavy (non-hydrogen) atoms. The van der Waals surface area contributed by atoms with Gasteiger partial charge in [0.05, 0.1) is 6.54 Å². The van der Waals surface area contributed by atoms with E-state index < -0.39 is 5.91 Å². The predicted octanol–water partition coefficient (Wildman–Crippen LogP) is 3.83. The summed E-state index contributed by atoms with van der Waals surface area (Å²) in [7, 11) is 0. The number of pyridine rings is 1. The number of hydrogen-bond acceptors (Lipinski definition) is 3. The summed E-state index contributed by atoms with van der Waals surface area (Å²) in [4.78, 5) is 32.1. The van der Waals surface area contributed by atoms with E-state index in [-0.39, 0.29) is 11.3 Å². The summed E-state index contributed by atoms with van der Waals surface area (Å²) in [5, 5.41) is 3.76. The van der Waals surface area contributed by atoms with Gasteiger partial charge < -0.3 is 9.55 Å². The second kappa shape index (κ2) is 7.34. The van der Waals surface area contributed by atoms with Crippen LogP contribution in [0.4, 0.5) is 0 Å². The number of fused-ring (bicyclic) bond motifs is 1. The lowest BCUT2D eigenvalue weighted by atomic mass is 10.1. The summed E-state index contributed by atoms with van der Waals surface area (Å²) < 4.78 is 1.85. The van der Waals surface area contributed by atoms with Gasteiger partial charge in [0.2, 0.25) is 0 Å². The summed E-state index contributed by atoms with van der Waals surface area (Å²) in [6.45, 7) is 0.503. The third-order valence-electron chi connectivity index (χ3n) is 4.14. The number of carbonyl (C=O) groups is 1. The fourth-order valence-corrected chi connectivity index (χ4v) is 3.71. The van der Waals surface area contributed by atoms with Gasteiger partial charge in [-0.25, -0.2) is 0 Å². The van der Waals surface area contributed by atoms with Crippen LogP contribution in [0.2, 0.25) is 5.02 Å². The van der Waals surface area contributed by atoms with E-state index in [1.165, 1.54) is 11.3 Å². The van der Waals surface area contributed by atoms with Gasteiger partial charge in [0.15, 0.2) is 4.80 Å². The molecule has 0 saturated carbocycles. The minimum Gasteiger partial charge on any atom is -0.319 e. The molecule has 0 atom stereocenters. The van der Waals surface area contributed by atoms with Crippen molar-refractivity contribution in [2.45, 2.75) is 6.54 Å². The van der Waals surface area contributed by atoms with Gasteiger partial charge in [-0.05, 0) is 29.1 Å². The van der Waals surface area contributed by atoms with Gasteiger partial charge in [-0.15, -0.1) is 11.3 Å². The maximum atomic E-state index is 12.6. The number of H-pyrrole nitrogens is 1. The number of carbonyl (C=O) groups excluding carboxylic acids is 1. The normalized spacial score (nSPS) is 11.8. The highest BCUT2D eigenvalue weighted by molar-refractivity contribution is 7.07. The third kappa shape index (κ3) is 3.63. The van der Waals surface area contributed by atoms with Crippen molar-refractivity contribution in [3.8, 4) is 0 Å². The molecule has 0 aliphatic heterocycles. The van der Waals surface area contributed by atoms with Crippen LogP contribution in [0.15, 0.2) is 76.0 Å². The first-order valence-corrected chi connectivity index (χ1v) is 9.46. The topological polar surface area (TPSA) is 67.2 Å². The number of hydrogen-bond donors (Lipinski definition) is 1. The Hall–Kier alpha value is -2.96. The van der Waals surface area contributed by atoms with Crippen LogP contribution in [-0.2, 0) is 6.54 Å². The van der Waals surface area contributed by atoms with E-state index >= 15 is 0 Å². The van der Waals surface area contributed by atoms with Gasteiger partial charge in [-0.2, -0.15) is 4.99 Å². The number of aromatic amines is 1. The second-order valence-corrected chi connectivity index (χ2v) is 7.20. The largest absolute Gasteiger partial charge is 0.319 e. The maximum Gasteiger partial charge on any atom is 0.296 e. The van der Waals surface area contributed by atoms with Crippen molar-refractivity contribution in [3.63, 3.8) is 0 Å². The highest BCUT2D eigenvalue weighted by Gasteiger charge is 2.10. The Kier molecular flexibility index (Phi) is 4.75. The smallest absolute Gasteiger partial charge is 0.296 e. The van der Waals surface area contributed by atoms with E-state index in [1.807, 2.05) is 46.5 Å². The van der Waals surface area contributed by atoms with Gasteiger partial charge in [-0.1, -0.05) is 48.0 Å². The molecule has 0 unspecified atom stereocenters. The first-order valence-electron chi connectivity index (χ1n) is 8.20. The fourth-order valence-electron chi connectivity index (χ4n) is 2.79. The molecular formula is C20H14ClN3O2S. The number of benzene rings is 2. The fraction of sp³-hybridized carbons (Fsp3) is 0.0500. The van der Waals surface area contributed by atoms with Crippen LogP contribution in [0, 0.1) is 0 Å². The van der Waals surface area contributed by atoms with Crippen molar-refractivity contribution in [1.29, 1.82) is 0 Å². The predicted molar refractivity (Wildman–Crippen MR) is 107 cm³/mol. The molecular weight excluding hydrogens is 382 g/mol. The molecule has 1 amide bonds. The molecule has 2 heterocycles. The summed E-state index contributed by atoms with van der Waals surface area (Å²) >= 11 is 7.57. The molecule has 0 aliphatic rings. The van der Waals surface area contributed by atoms with Crippen LogP contribution < -0.4 is 10.4 Å². The Balaban J connectivity index is 1.71. The van der Waals surface area contributed by atoms with Gasteiger partial charge in [-0.3, -0.25) is 9.59 Å². The molecule has 4 aromatic rings. The number of rotatable bonds is 3. The van der Waals surface area contributed by atoms with E-state index in [1.54, 1.807) is 24.3 Å². The van der Waals surface area contributed by atoms with Crippen LogP contribution in [0.3, 0.4) is 0 Å². The summed E-state index contributed by atoms with van der Waals surface area (Å²) in [5.74, 6) is -0.492. The minimum absolute atomic E-state index is 0.163. The monoisotopic (exact) mass is 395 g/mol. The highest BCUT2D eigenvalue weighted by atomic mass is 35.5. The third-order valence-corrected chi connectivity index (χ3v) is 5.30. The maximum absolute atomic E-state index is 12.6. The number of nitrogens with one attached hydrogen (secondary N) is 1. The lowest BCUT2D eigenvalue weighted by molar-refractivity contribution is 0.0993. The molecule has 4 rings (SSSR count). The van der Waals surface area contributed by atoms with Crippen molar-refractivity contribution >= 4 is 39.6 Å². The molecule has 0 bridgehead atoms. The lowest BCUT2D eigenvalue weighted by Crippen LogP contribution is -2.19. The molecule has 5 nitrogen and oxygen atoms in total. The van der Waals surface area contributed by atoms with Crippen molar-refractivity contribution in [2.24, 2.45) is 4.99 Å². The lowest BCUT2D eigenvalue weighted by Gasteiger charge is -2.05. The summed E-state index contributed by atoms with van der Waals surface area (Å²) in [6, 6.07) is 16.3. The van der Waals surface area contributed by atoms with Crippen LogP contribution in [0.25, 0.3) is 10.8 Å². The Morgan fingerprint density at radius 3 is 2.78 bits per heavy atom. The first-order chi connectivity index (χ1) is 13.1. The Bertz CT molecular complexity index is 1270. The van der Waals surface area contributed by atoms with E-state index in [0.717, 1.165) is 5.56 Å². The van der Waals surface area contributed by atoms with Gasteiger partial charge >= 0.3 is 0 Å². The summed E-state index contributed by atoms with van der Waals surface area (Å²) in [6.07, 6.45) is 1.85. The van der Waals surface area contributed by atoms with Crippen LogP contribution in [0.5, 0.6) is 0 Å². The standard InChI is InChI=1S/C20H14ClN3O2S/c21-16-8-4-2-6-14(16)12-24-9-10-27-20(24)23-19(26)17-11-13-5-1-3-7-15(13)18(25)22-17/h1-11H,12H2,(H,22,25). The Labute approximate surface area is 163 Å². The molecule has 0 aliphatic carbocycles. The zero-order valence-corrected chi connectivity index (χ0v) is 15.6. The molecule has 2 aromatic carbocycles. The zero-order chi connectivity index (χ0) is 18.8. The zero-order valence-electron chi connectivity index (χ0n) is 14.1. The number of halogens is 1. The second-order valence-electron chi connectivity index (χ2n) is 5.92. The van der Waals surface area contributed by atoms with Gasteiger partial charge in [0, 0.05) is 22.0 Å². The molecule has 7 heteroatoms. The Morgan fingerprint density at radius 1 is 1.15 bits per heavy atom. The van der Waals surface area contributed by atoms with Crippen molar-refractivity contribution in [3.05, 3.63) is 97.6 Å². The number of amides is 1. The molecule has 0 fully saturated rings. The van der Waals surface area contributed by atoms with E-state index in [2.05, 4.69) is 9.98 Å². The van der Waals surface area contributed by atoms with Crippen molar-refractivity contribution in [1.82, 2.24) is 9.55 Å². The van der Waals surface area contributed by atoms with Crippen molar-refractivity contribution < 1.29 is 4.79 Å². The molecule has 134 valence electrons. The van der Waals surface area contributed by atoms with E-state index in [4.69, 9.17) is 11.6 Å². The number of aromatic nitrogens is 2. The molecule has 0 spiro atoms. The van der Waals surface area contributed by atoms with Crippen molar-refractivity contribution in [2.75, 3.05) is 0 Å². The molecule has 0 saturated heterocycles. The van der Waals surface area contributed by atoms with E-state index in [9.17, 15) is 9.59 Å². The number of nitrogens with zero attached hydrogens (tertiary/aromatic N) is 2. The van der Waals surface area contributed by atoms with Crippen LogP contribution in [0.1, 0.15) is 16.1 Å². The van der Waals surface area contributed by atoms with Gasteiger partial charge in [0.1, 0.15) is 5.69 Å². The highest BCUT2D eigenvalue weighted by Crippen LogP contribution is 2.16. The Morgan fingerprint density at radius 2 is 1.93 bits per heavy atom. The molecule has 2 aromatic heterocycles. The number of thiazole rings is 1.